The minimum atomic E-state index is -3.55. The lowest BCUT2D eigenvalue weighted by atomic mass is 9.76. The number of carbonyl (C=O) groups excluding carboxylic acids is 2. The van der Waals surface area contributed by atoms with E-state index in [1.807, 2.05) is 19.2 Å². The largest absolute Gasteiger partial charge is 0.354 e. The van der Waals surface area contributed by atoms with E-state index >= 15 is 0 Å². The summed E-state index contributed by atoms with van der Waals surface area (Å²) >= 11 is 13.0. The van der Waals surface area contributed by atoms with Crippen molar-refractivity contribution in [3.05, 3.63) is 87.2 Å². The number of aryl methyl sites for hydroxylation is 1. The zero-order valence-electron chi connectivity index (χ0n) is 22.9. The van der Waals surface area contributed by atoms with E-state index in [0.717, 1.165) is 24.7 Å². The molecule has 4 atom stereocenters. The summed E-state index contributed by atoms with van der Waals surface area (Å²) in [6, 6.07) is 10.4. The van der Waals surface area contributed by atoms with Gasteiger partial charge in [0.2, 0.25) is 15.9 Å². The minimum Gasteiger partial charge on any atom is -0.354 e. The van der Waals surface area contributed by atoms with Crippen molar-refractivity contribution in [1.29, 1.82) is 0 Å². The van der Waals surface area contributed by atoms with Crippen LogP contribution in [0.2, 0.25) is 10.0 Å². The monoisotopic (exact) mass is 617 g/mol. The van der Waals surface area contributed by atoms with Gasteiger partial charge in [-0.1, -0.05) is 60.3 Å². The Morgan fingerprint density at radius 3 is 2.56 bits per heavy atom. The minimum absolute atomic E-state index is 0.264. The Bertz CT molecular complexity index is 1560. The van der Waals surface area contributed by atoms with Crippen LogP contribution in [0.15, 0.2) is 54.9 Å². The molecule has 1 aromatic heterocycles. The van der Waals surface area contributed by atoms with Gasteiger partial charge in [0.05, 0.1) is 31.0 Å². The Kier molecular flexibility index (Phi) is 8.75. The molecular formula is C29H33Cl2N5O4S. The maximum Gasteiger partial charge on any atom is 0.255 e. The fourth-order valence-electron chi connectivity index (χ4n) is 6.12. The van der Waals surface area contributed by atoms with Gasteiger partial charge in [-0.3, -0.25) is 14.3 Å². The van der Waals surface area contributed by atoms with Crippen molar-refractivity contribution >= 4 is 45.0 Å². The first kappa shape index (κ1) is 29.6. The molecule has 2 N–H and O–H groups in total. The number of sulfonamides is 1. The Morgan fingerprint density at radius 1 is 1.10 bits per heavy atom. The molecule has 41 heavy (non-hydrogen) atoms. The summed E-state index contributed by atoms with van der Waals surface area (Å²) in [5.41, 5.74) is 2.61. The highest BCUT2D eigenvalue weighted by Gasteiger charge is 2.49. The van der Waals surface area contributed by atoms with Gasteiger partial charge in [-0.2, -0.15) is 5.10 Å². The molecule has 12 heteroatoms. The Morgan fingerprint density at radius 2 is 1.85 bits per heavy atom. The summed E-state index contributed by atoms with van der Waals surface area (Å²) in [6.45, 7) is 2.76. The third-order valence-electron chi connectivity index (χ3n) is 7.79. The molecule has 1 unspecified atom stereocenters. The van der Waals surface area contributed by atoms with E-state index in [4.69, 9.17) is 23.2 Å². The predicted molar refractivity (Wildman–Crippen MR) is 159 cm³/mol. The Hall–Kier alpha value is -2.92. The average Bonchev–Trinajstić information content (AvgIpc) is 3.33. The highest BCUT2D eigenvalue weighted by atomic mass is 35.5. The normalized spacial score (nSPS) is 22.8. The van der Waals surface area contributed by atoms with Crippen molar-refractivity contribution in [3.63, 3.8) is 0 Å². The number of aromatic nitrogens is 2. The first-order valence-electron chi connectivity index (χ1n) is 13.6. The molecule has 1 aliphatic carbocycles. The summed E-state index contributed by atoms with van der Waals surface area (Å²) < 4.78 is 29.2. The number of hydrogen-bond donors (Lipinski definition) is 2. The highest BCUT2D eigenvalue weighted by molar-refractivity contribution is 7.88. The van der Waals surface area contributed by atoms with Crippen LogP contribution in [0.1, 0.15) is 64.7 Å². The first-order valence-corrected chi connectivity index (χ1v) is 16.3. The van der Waals surface area contributed by atoms with Gasteiger partial charge in [0.1, 0.15) is 0 Å². The smallest absolute Gasteiger partial charge is 0.255 e. The van der Waals surface area contributed by atoms with Gasteiger partial charge >= 0.3 is 0 Å². The zero-order chi connectivity index (χ0) is 29.3. The third kappa shape index (κ3) is 6.45. The standard InChI is InChI=1S/C29H33Cl2N5O4S/c1-18-16-33-35(17-18)14-13-32-28(37)26-20-7-3-4-8-21(20)29(38)36(27(26)22-12-11-19(30)15-23(22)31)25-10-6-5-9-24(25)34-41(2,39)40/h3-4,7-8,11-12,15-17,24-27,34H,5-6,9-10,13-14H2,1-2H3,(H,32,37)/t24?,25-,26+,27-/m0/s1. The van der Waals surface area contributed by atoms with Gasteiger partial charge in [0.25, 0.3) is 5.91 Å². The SMILES string of the molecule is Cc1cnn(CCNC(=O)[C@@H]2c3ccccc3C(=O)N([C@H]3CCCCC3NS(C)(=O)=O)[C@H]2c2ccc(Cl)cc2Cl)c1. The van der Waals surface area contributed by atoms with E-state index in [1.54, 1.807) is 52.2 Å². The molecule has 2 amide bonds. The van der Waals surface area contributed by atoms with E-state index in [1.165, 1.54) is 0 Å². The lowest BCUT2D eigenvalue weighted by Gasteiger charge is -2.49. The number of amides is 2. The van der Waals surface area contributed by atoms with Crippen LogP contribution in [0.3, 0.4) is 0 Å². The van der Waals surface area contributed by atoms with Gasteiger partial charge in [0, 0.05) is 40.4 Å². The van der Waals surface area contributed by atoms with E-state index in [0.29, 0.717) is 52.7 Å². The molecule has 3 aromatic rings. The van der Waals surface area contributed by atoms with Crippen LogP contribution in [0, 0.1) is 6.92 Å². The molecule has 0 bridgehead atoms. The Labute approximate surface area is 250 Å². The molecule has 218 valence electrons. The van der Waals surface area contributed by atoms with Crippen molar-refractivity contribution in [2.24, 2.45) is 0 Å². The van der Waals surface area contributed by atoms with Gasteiger partial charge in [-0.15, -0.1) is 0 Å². The number of fused-ring (bicyclic) bond motifs is 1. The van der Waals surface area contributed by atoms with Gasteiger partial charge in [-0.25, -0.2) is 13.1 Å². The third-order valence-corrected chi connectivity index (χ3v) is 9.09. The van der Waals surface area contributed by atoms with Crippen LogP contribution in [-0.2, 0) is 21.4 Å². The molecule has 2 heterocycles. The fraction of sp³-hybridized carbons (Fsp3) is 0.414. The van der Waals surface area contributed by atoms with Crippen LogP contribution < -0.4 is 10.0 Å². The summed E-state index contributed by atoms with van der Waals surface area (Å²) in [6.07, 6.45) is 7.57. The van der Waals surface area contributed by atoms with Crippen LogP contribution >= 0.6 is 23.2 Å². The van der Waals surface area contributed by atoms with E-state index < -0.39 is 34.1 Å². The second-order valence-electron chi connectivity index (χ2n) is 10.8. The molecule has 5 rings (SSSR count). The van der Waals surface area contributed by atoms with Crippen molar-refractivity contribution in [2.75, 3.05) is 12.8 Å². The van der Waals surface area contributed by atoms with Crippen LogP contribution in [0.5, 0.6) is 0 Å². The Balaban J connectivity index is 1.60. The van der Waals surface area contributed by atoms with Gasteiger partial charge < -0.3 is 10.2 Å². The van der Waals surface area contributed by atoms with Crippen LogP contribution in [0.4, 0.5) is 0 Å². The second kappa shape index (κ2) is 12.1. The van der Waals surface area contributed by atoms with Gasteiger partial charge in [-0.05, 0) is 54.7 Å². The molecule has 1 fully saturated rings. The number of nitrogens with zero attached hydrogens (tertiary/aromatic N) is 3. The maximum atomic E-state index is 14.3. The molecule has 0 radical (unpaired) electrons. The summed E-state index contributed by atoms with van der Waals surface area (Å²) in [5, 5.41) is 8.10. The van der Waals surface area contributed by atoms with E-state index in [2.05, 4.69) is 15.1 Å². The van der Waals surface area contributed by atoms with Crippen LogP contribution in [0.25, 0.3) is 0 Å². The molecule has 1 aliphatic heterocycles. The fourth-order valence-corrected chi connectivity index (χ4v) is 7.47. The summed E-state index contributed by atoms with van der Waals surface area (Å²) in [5.74, 6) is -1.33. The van der Waals surface area contributed by atoms with E-state index in [-0.39, 0.29) is 11.8 Å². The molecule has 2 aliphatic rings. The number of rotatable bonds is 8. The van der Waals surface area contributed by atoms with Crippen molar-refractivity contribution in [3.8, 4) is 0 Å². The lowest BCUT2D eigenvalue weighted by molar-refractivity contribution is -0.124. The second-order valence-corrected chi connectivity index (χ2v) is 13.4. The number of halogens is 2. The molecule has 1 saturated carbocycles. The molecule has 9 nitrogen and oxygen atoms in total. The molecule has 2 aromatic carbocycles. The molecule has 0 saturated heterocycles. The first-order chi connectivity index (χ1) is 19.5. The predicted octanol–water partition coefficient (Wildman–Crippen LogP) is 4.46. The van der Waals surface area contributed by atoms with Crippen molar-refractivity contribution in [1.82, 2.24) is 24.7 Å². The maximum absolute atomic E-state index is 14.3. The topological polar surface area (TPSA) is 113 Å². The van der Waals surface area contributed by atoms with E-state index in [9.17, 15) is 18.0 Å². The quantitative estimate of drug-likeness (QED) is 0.387. The average molecular weight is 619 g/mol. The number of hydrogen-bond acceptors (Lipinski definition) is 5. The van der Waals surface area contributed by atoms with Crippen molar-refractivity contribution in [2.45, 2.75) is 63.2 Å². The molecule has 0 spiro atoms. The summed E-state index contributed by atoms with van der Waals surface area (Å²) in [4.78, 5) is 30.1. The highest BCUT2D eigenvalue weighted by Crippen LogP contribution is 2.47. The number of carbonyl (C=O) groups is 2. The molecular weight excluding hydrogens is 585 g/mol. The number of nitrogens with one attached hydrogen (secondary N) is 2. The lowest BCUT2D eigenvalue weighted by Crippen LogP contribution is -2.59. The zero-order valence-corrected chi connectivity index (χ0v) is 25.2. The van der Waals surface area contributed by atoms with Gasteiger partial charge in [0.15, 0.2) is 0 Å². The number of benzene rings is 2. The van der Waals surface area contributed by atoms with Crippen molar-refractivity contribution < 1.29 is 18.0 Å². The summed E-state index contributed by atoms with van der Waals surface area (Å²) in [7, 11) is -3.55. The van der Waals surface area contributed by atoms with Crippen LogP contribution in [-0.4, -0.2) is 59.8 Å².